The first kappa shape index (κ1) is 15.3. The second-order valence-electron chi connectivity index (χ2n) is 6.41. The molecule has 0 aromatic heterocycles. The van der Waals surface area contributed by atoms with E-state index in [-0.39, 0.29) is 23.9 Å². The topological polar surface area (TPSA) is 58.2 Å². The van der Waals surface area contributed by atoms with E-state index >= 15 is 0 Å². The van der Waals surface area contributed by atoms with Gasteiger partial charge in [0.05, 0.1) is 0 Å². The fraction of sp³-hybridized carbons (Fsp3) is 0.875. The van der Waals surface area contributed by atoms with Crippen molar-refractivity contribution in [2.75, 3.05) is 0 Å². The molecule has 0 unspecified atom stereocenters. The van der Waals surface area contributed by atoms with E-state index in [0.717, 1.165) is 25.7 Å². The van der Waals surface area contributed by atoms with Crippen LogP contribution in [0.2, 0.25) is 0 Å². The fourth-order valence-corrected chi connectivity index (χ4v) is 3.27. The third kappa shape index (κ3) is 4.50. The molecule has 2 aliphatic carbocycles. The molecule has 20 heavy (non-hydrogen) atoms. The van der Waals surface area contributed by atoms with Crippen molar-refractivity contribution in [3.05, 3.63) is 0 Å². The molecule has 2 amide bonds. The van der Waals surface area contributed by atoms with Crippen molar-refractivity contribution in [2.24, 2.45) is 5.92 Å². The van der Waals surface area contributed by atoms with Crippen molar-refractivity contribution >= 4 is 11.8 Å². The van der Waals surface area contributed by atoms with E-state index in [1.807, 2.05) is 0 Å². The van der Waals surface area contributed by atoms with E-state index in [0.29, 0.717) is 0 Å². The molecule has 2 saturated carbocycles. The molecule has 114 valence electrons. The summed E-state index contributed by atoms with van der Waals surface area (Å²) in [4.78, 5) is 24.2. The Bertz CT molecular complexity index is 299. The minimum Gasteiger partial charge on any atom is -0.353 e. The Labute approximate surface area is 122 Å². The van der Waals surface area contributed by atoms with Gasteiger partial charge in [-0.25, -0.2) is 0 Å². The normalized spacial score (nSPS) is 21.7. The van der Waals surface area contributed by atoms with Crippen LogP contribution in [0.25, 0.3) is 0 Å². The standard InChI is InChI=1S/C16H28N2O2/c1-12(15(19)17-13-8-4-2-5-9-13)16(20)18-14-10-6-3-7-11-14/h12-14H,2-11H2,1H3,(H,17,19)(H,18,20). The second-order valence-corrected chi connectivity index (χ2v) is 6.41. The Kier molecular flexibility index (Phi) is 5.86. The summed E-state index contributed by atoms with van der Waals surface area (Å²) in [6.45, 7) is 1.72. The second kappa shape index (κ2) is 7.65. The third-order valence-electron chi connectivity index (χ3n) is 4.69. The average Bonchev–Trinajstić information content (AvgIpc) is 2.48. The lowest BCUT2D eigenvalue weighted by atomic mass is 9.94. The molecular formula is C16H28N2O2. The van der Waals surface area contributed by atoms with Crippen LogP contribution in [0.1, 0.15) is 71.1 Å². The maximum Gasteiger partial charge on any atom is 0.232 e. The number of rotatable bonds is 4. The molecule has 0 saturated heterocycles. The van der Waals surface area contributed by atoms with Gasteiger partial charge in [-0.1, -0.05) is 38.5 Å². The van der Waals surface area contributed by atoms with Gasteiger partial charge in [-0.3, -0.25) is 9.59 Å². The van der Waals surface area contributed by atoms with Crippen molar-refractivity contribution < 1.29 is 9.59 Å². The Balaban J connectivity index is 1.74. The highest BCUT2D eigenvalue weighted by molar-refractivity contribution is 6.00. The summed E-state index contributed by atoms with van der Waals surface area (Å²) in [6.07, 6.45) is 11.5. The molecular weight excluding hydrogens is 252 g/mol. The number of hydrogen-bond acceptors (Lipinski definition) is 2. The number of hydrogen-bond donors (Lipinski definition) is 2. The number of carbonyl (C=O) groups excluding carboxylic acids is 2. The highest BCUT2D eigenvalue weighted by atomic mass is 16.2. The lowest BCUT2D eigenvalue weighted by Crippen LogP contribution is -2.47. The van der Waals surface area contributed by atoms with Gasteiger partial charge in [0.1, 0.15) is 5.92 Å². The Hall–Kier alpha value is -1.06. The van der Waals surface area contributed by atoms with E-state index in [4.69, 9.17) is 0 Å². The summed E-state index contributed by atoms with van der Waals surface area (Å²) < 4.78 is 0. The van der Waals surface area contributed by atoms with Gasteiger partial charge in [0.2, 0.25) is 11.8 Å². The Morgan fingerprint density at radius 2 is 1.10 bits per heavy atom. The molecule has 0 spiro atoms. The highest BCUT2D eigenvalue weighted by Crippen LogP contribution is 2.19. The van der Waals surface area contributed by atoms with E-state index in [2.05, 4.69) is 10.6 Å². The quantitative estimate of drug-likeness (QED) is 0.777. The molecule has 2 aliphatic rings. The molecule has 0 heterocycles. The van der Waals surface area contributed by atoms with Crippen LogP contribution in [0.4, 0.5) is 0 Å². The van der Waals surface area contributed by atoms with Crippen LogP contribution >= 0.6 is 0 Å². The van der Waals surface area contributed by atoms with Crippen molar-refractivity contribution in [3.8, 4) is 0 Å². The molecule has 0 aromatic carbocycles. The molecule has 4 heteroatoms. The van der Waals surface area contributed by atoms with Crippen LogP contribution in [-0.4, -0.2) is 23.9 Å². The number of amides is 2. The zero-order valence-electron chi connectivity index (χ0n) is 12.6. The lowest BCUT2D eigenvalue weighted by Gasteiger charge is -2.26. The van der Waals surface area contributed by atoms with Crippen molar-refractivity contribution in [1.29, 1.82) is 0 Å². The minimum atomic E-state index is -0.571. The molecule has 4 nitrogen and oxygen atoms in total. The SMILES string of the molecule is CC(C(=O)NC1CCCCC1)C(=O)NC1CCCCC1. The van der Waals surface area contributed by atoms with Crippen LogP contribution in [0.15, 0.2) is 0 Å². The van der Waals surface area contributed by atoms with Gasteiger partial charge in [-0.15, -0.1) is 0 Å². The van der Waals surface area contributed by atoms with E-state index in [1.54, 1.807) is 6.92 Å². The highest BCUT2D eigenvalue weighted by Gasteiger charge is 2.26. The van der Waals surface area contributed by atoms with E-state index < -0.39 is 5.92 Å². The molecule has 0 atom stereocenters. The predicted octanol–water partition coefficient (Wildman–Crippen LogP) is 2.52. The largest absolute Gasteiger partial charge is 0.353 e. The maximum atomic E-state index is 12.1. The monoisotopic (exact) mass is 280 g/mol. The van der Waals surface area contributed by atoms with Crippen molar-refractivity contribution in [1.82, 2.24) is 10.6 Å². The summed E-state index contributed by atoms with van der Waals surface area (Å²) in [5.41, 5.74) is 0. The van der Waals surface area contributed by atoms with Gasteiger partial charge in [-0.05, 0) is 32.6 Å². The average molecular weight is 280 g/mol. The Morgan fingerprint density at radius 1 is 0.750 bits per heavy atom. The zero-order valence-corrected chi connectivity index (χ0v) is 12.6. The summed E-state index contributed by atoms with van der Waals surface area (Å²) in [5.74, 6) is -0.783. The van der Waals surface area contributed by atoms with Gasteiger partial charge in [0.15, 0.2) is 0 Å². The number of carbonyl (C=O) groups is 2. The summed E-state index contributed by atoms with van der Waals surface area (Å²) in [7, 11) is 0. The first-order chi connectivity index (χ1) is 9.66. The predicted molar refractivity (Wildman–Crippen MR) is 79.2 cm³/mol. The first-order valence-corrected chi connectivity index (χ1v) is 8.27. The van der Waals surface area contributed by atoms with E-state index in [9.17, 15) is 9.59 Å². The maximum absolute atomic E-state index is 12.1. The van der Waals surface area contributed by atoms with Crippen LogP contribution in [-0.2, 0) is 9.59 Å². The molecule has 2 fully saturated rings. The summed E-state index contributed by atoms with van der Waals surface area (Å²) >= 11 is 0. The van der Waals surface area contributed by atoms with E-state index in [1.165, 1.54) is 38.5 Å². The van der Waals surface area contributed by atoms with Crippen LogP contribution in [0, 0.1) is 5.92 Å². The van der Waals surface area contributed by atoms with Gasteiger partial charge < -0.3 is 10.6 Å². The van der Waals surface area contributed by atoms with Gasteiger partial charge in [0.25, 0.3) is 0 Å². The smallest absolute Gasteiger partial charge is 0.232 e. The van der Waals surface area contributed by atoms with Gasteiger partial charge in [0, 0.05) is 12.1 Å². The fourth-order valence-electron chi connectivity index (χ4n) is 3.27. The lowest BCUT2D eigenvalue weighted by molar-refractivity contribution is -0.135. The zero-order chi connectivity index (χ0) is 14.4. The third-order valence-corrected chi connectivity index (χ3v) is 4.69. The van der Waals surface area contributed by atoms with Crippen molar-refractivity contribution in [2.45, 2.75) is 83.2 Å². The molecule has 0 bridgehead atoms. The first-order valence-electron chi connectivity index (χ1n) is 8.27. The minimum absolute atomic E-state index is 0.106. The van der Waals surface area contributed by atoms with Crippen molar-refractivity contribution in [3.63, 3.8) is 0 Å². The molecule has 2 rings (SSSR count). The van der Waals surface area contributed by atoms with Crippen LogP contribution in [0.5, 0.6) is 0 Å². The Morgan fingerprint density at radius 3 is 1.45 bits per heavy atom. The summed E-state index contributed by atoms with van der Waals surface area (Å²) in [6, 6.07) is 0.558. The molecule has 0 aromatic rings. The summed E-state index contributed by atoms with van der Waals surface area (Å²) in [5, 5.41) is 6.07. The molecule has 0 aliphatic heterocycles. The molecule has 2 N–H and O–H groups in total. The number of nitrogens with one attached hydrogen (secondary N) is 2. The van der Waals surface area contributed by atoms with Crippen LogP contribution < -0.4 is 10.6 Å². The van der Waals surface area contributed by atoms with Crippen LogP contribution in [0.3, 0.4) is 0 Å². The molecule has 0 radical (unpaired) electrons. The van der Waals surface area contributed by atoms with Gasteiger partial charge in [-0.2, -0.15) is 0 Å². The van der Waals surface area contributed by atoms with Gasteiger partial charge >= 0.3 is 0 Å².